The second-order valence-electron chi connectivity index (χ2n) is 5.47. The molecule has 0 aromatic heterocycles. The van der Waals surface area contributed by atoms with Gasteiger partial charge in [-0.2, -0.15) is 0 Å². The van der Waals surface area contributed by atoms with Crippen LogP contribution in [0.1, 0.15) is 25.8 Å². The Labute approximate surface area is 113 Å². The Balaban J connectivity index is 0.00000120. The number of ether oxygens (including phenoxy) is 1. The minimum atomic E-state index is -0.511. The van der Waals surface area contributed by atoms with Crippen LogP contribution in [0.2, 0.25) is 0 Å². The van der Waals surface area contributed by atoms with Gasteiger partial charge in [0.05, 0.1) is 5.69 Å². The van der Waals surface area contributed by atoms with Crippen molar-refractivity contribution < 1.29 is 9.53 Å². The molecule has 2 heterocycles. The number of halogens is 1. The van der Waals surface area contributed by atoms with Crippen molar-refractivity contribution in [3.05, 3.63) is 29.8 Å². The van der Waals surface area contributed by atoms with E-state index in [-0.39, 0.29) is 24.0 Å². The van der Waals surface area contributed by atoms with Gasteiger partial charge in [0.25, 0.3) is 0 Å². The van der Waals surface area contributed by atoms with E-state index in [0.29, 0.717) is 6.54 Å². The number of nitrogens with one attached hydrogen (secondary N) is 2. The molecule has 1 aromatic rings. The van der Waals surface area contributed by atoms with Crippen LogP contribution in [0.25, 0.3) is 0 Å². The average molecular weight is 269 g/mol. The fourth-order valence-corrected chi connectivity index (χ4v) is 2.84. The molecule has 2 N–H and O–H groups in total. The van der Waals surface area contributed by atoms with Crippen LogP contribution in [0.3, 0.4) is 0 Å². The Morgan fingerprint density at radius 2 is 2.00 bits per heavy atom. The molecule has 1 atom stereocenters. The summed E-state index contributed by atoms with van der Waals surface area (Å²) in [4.78, 5) is 11.6. The molecule has 1 spiro atoms. The number of carbonyl (C=O) groups excluding carboxylic acids is 1. The average Bonchev–Trinajstić information content (AvgIpc) is 2.55. The summed E-state index contributed by atoms with van der Waals surface area (Å²) < 4.78 is 5.58. The third-order valence-electron chi connectivity index (χ3n) is 3.52. The zero-order chi connectivity index (χ0) is 12.1. The highest BCUT2D eigenvalue weighted by molar-refractivity contribution is 5.89. The molecule has 1 fully saturated rings. The van der Waals surface area contributed by atoms with Gasteiger partial charge < -0.3 is 10.1 Å². The van der Waals surface area contributed by atoms with E-state index in [1.165, 1.54) is 0 Å². The first-order valence-corrected chi connectivity index (χ1v) is 5.85. The number of benzene rings is 1. The molecular weight excluding hydrogens is 252 g/mol. The highest BCUT2D eigenvalue weighted by Crippen LogP contribution is 2.44. The van der Waals surface area contributed by atoms with Gasteiger partial charge in [0.2, 0.25) is 0 Å². The van der Waals surface area contributed by atoms with Gasteiger partial charge in [-0.05, 0) is 19.9 Å². The van der Waals surface area contributed by atoms with E-state index in [0.717, 1.165) is 17.7 Å². The summed E-state index contributed by atoms with van der Waals surface area (Å²) in [5.41, 5.74) is 1.41. The minimum absolute atomic E-state index is 0. The van der Waals surface area contributed by atoms with E-state index in [9.17, 15) is 4.79 Å². The number of rotatable bonds is 0. The molecule has 1 aromatic carbocycles. The molecule has 1 amide bonds. The Hall–Kier alpha value is -1.26. The topological polar surface area (TPSA) is 50.4 Å². The van der Waals surface area contributed by atoms with Gasteiger partial charge in [0, 0.05) is 24.1 Å². The Kier molecular flexibility index (Phi) is 3.03. The van der Waals surface area contributed by atoms with Gasteiger partial charge in [-0.3, -0.25) is 5.32 Å². The largest absolute Gasteiger partial charge is 0.436 e. The first-order chi connectivity index (χ1) is 8.01. The molecule has 0 radical (unpaired) electrons. The fourth-order valence-electron chi connectivity index (χ4n) is 2.84. The number of amides is 1. The summed E-state index contributed by atoms with van der Waals surface area (Å²) in [6, 6.07) is 7.85. The summed E-state index contributed by atoms with van der Waals surface area (Å²) in [5, 5.41) is 6.16. The van der Waals surface area contributed by atoms with E-state index in [4.69, 9.17) is 4.74 Å². The lowest BCUT2D eigenvalue weighted by atomic mass is 9.85. The molecule has 4 nitrogen and oxygen atoms in total. The van der Waals surface area contributed by atoms with Crippen molar-refractivity contribution in [2.45, 2.75) is 31.4 Å². The molecule has 0 bridgehead atoms. The number of para-hydroxylation sites is 1. The van der Waals surface area contributed by atoms with Gasteiger partial charge in [-0.1, -0.05) is 18.2 Å². The zero-order valence-electron chi connectivity index (χ0n) is 10.4. The molecule has 0 aliphatic carbocycles. The fraction of sp³-hybridized carbons (Fsp3) is 0.462. The third kappa shape index (κ3) is 1.95. The summed E-state index contributed by atoms with van der Waals surface area (Å²) in [6.45, 7) is 4.92. The van der Waals surface area contributed by atoms with Crippen molar-refractivity contribution >= 4 is 24.2 Å². The smallest absolute Gasteiger partial charge is 0.412 e. The second kappa shape index (κ2) is 4.14. The maximum absolute atomic E-state index is 11.6. The molecule has 18 heavy (non-hydrogen) atoms. The monoisotopic (exact) mass is 268 g/mol. The normalized spacial score (nSPS) is 28.0. The van der Waals surface area contributed by atoms with Crippen LogP contribution in [0.4, 0.5) is 10.5 Å². The highest BCUT2D eigenvalue weighted by atomic mass is 35.5. The SMILES string of the molecule is CC1(C)CC2(CN1)OC(=O)Nc1ccccc12.Cl. The van der Waals surface area contributed by atoms with E-state index in [1.54, 1.807) is 0 Å². The third-order valence-corrected chi connectivity index (χ3v) is 3.52. The van der Waals surface area contributed by atoms with Gasteiger partial charge >= 0.3 is 6.09 Å². The number of anilines is 1. The Morgan fingerprint density at radius 1 is 1.28 bits per heavy atom. The number of carbonyl (C=O) groups is 1. The zero-order valence-corrected chi connectivity index (χ0v) is 11.3. The Bertz CT molecular complexity index is 490. The van der Waals surface area contributed by atoms with Crippen LogP contribution < -0.4 is 10.6 Å². The Morgan fingerprint density at radius 3 is 2.67 bits per heavy atom. The first-order valence-electron chi connectivity index (χ1n) is 5.85. The van der Waals surface area contributed by atoms with Gasteiger partial charge in [-0.15, -0.1) is 12.4 Å². The van der Waals surface area contributed by atoms with Crippen molar-refractivity contribution in [3.63, 3.8) is 0 Å². The van der Waals surface area contributed by atoms with Crippen LogP contribution in [0.15, 0.2) is 24.3 Å². The molecular formula is C13H17ClN2O2. The van der Waals surface area contributed by atoms with E-state index >= 15 is 0 Å². The number of hydrogen-bond acceptors (Lipinski definition) is 3. The van der Waals surface area contributed by atoms with Gasteiger partial charge in [0.15, 0.2) is 5.60 Å². The van der Waals surface area contributed by atoms with E-state index in [1.807, 2.05) is 24.3 Å². The predicted molar refractivity (Wildman–Crippen MR) is 72.2 cm³/mol. The molecule has 0 saturated carbocycles. The lowest BCUT2D eigenvalue weighted by Gasteiger charge is -2.35. The maximum atomic E-state index is 11.6. The second-order valence-corrected chi connectivity index (χ2v) is 5.47. The summed E-state index contributed by atoms with van der Waals surface area (Å²) >= 11 is 0. The van der Waals surface area contributed by atoms with Crippen LogP contribution in [0, 0.1) is 0 Å². The van der Waals surface area contributed by atoms with Crippen molar-refractivity contribution in [3.8, 4) is 0 Å². The molecule has 98 valence electrons. The van der Waals surface area contributed by atoms with Crippen LogP contribution in [-0.2, 0) is 10.3 Å². The standard InChI is InChI=1S/C13H16N2O2.ClH/c1-12(2)7-13(8-14-12)9-5-3-4-6-10(9)15-11(16)17-13;/h3-6,14H,7-8H2,1-2H3,(H,15,16);1H. The highest BCUT2D eigenvalue weighted by Gasteiger charge is 2.50. The van der Waals surface area contributed by atoms with Crippen molar-refractivity contribution in [1.29, 1.82) is 0 Å². The minimum Gasteiger partial charge on any atom is -0.436 e. The van der Waals surface area contributed by atoms with Crippen LogP contribution in [-0.4, -0.2) is 18.2 Å². The van der Waals surface area contributed by atoms with Crippen molar-refractivity contribution in [2.24, 2.45) is 0 Å². The van der Waals surface area contributed by atoms with Crippen LogP contribution >= 0.6 is 12.4 Å². The summed E-state index contributed by atoms with van der Waals surface area (Å²) in [6.07, 6.45) is 0.438. The molecule has 3 rings (SSSR count). The van der Waals surface area contributed by atoms with Gasteiger partial charge in [-0.25, -0.2) is 4.79 Å². The molecule has 2 aliphatic heterocycles. The molecule has 1 unspecified atom stereocenters. The lowest BCUT2D eigenvalue weighted by molar-refractivity contribution is 0.0233. The molecule has 2 aliphatic rings. The van der Waals surface area contributed by atoms with E-state index in [2.05, 4.69) is 24.5 Å². The molecule has 1 saturated heterocycles. The van der Waals surface area contributed by atoms with E-state index < -0.39 is 5.60 Å². The van der Waals surface area contributed by atoms with Crippen molar-refractivity contribution in [2.75, 3.05) is 11.9 Å². The predicted octanol–water partition coefficient (Wildman–Crippen LogP) is 2.64. The number of fused-ring (bicyclic) bond motifs is 2. The number of hydrogen-bond donors (Lipinski definition) is 2. The summed E-state index contributed by atoms with van der Waals surface area (Å²) in [5.74, 6) is 0. The quantitative estimate of drug-likeness (QED) is 0.761. The lowest BCUT2D eigenvalue weighted by Crippen LogP contribution is -2.41. The van der Waals surface area contributed by atoms with Crippen molar-refractivity contribution in [1.82, 2.24) is 5.32 Å². The van der Waals surface area contributed by atoms with Crippen LogP contribution in [0.5, 0.6) is 0 Å². The first kappa shape index (κ1) is 13.2. The molecule has 5 heteroatoms. The maximum Gasteiger partial charge on any atom is 0.412 e. The summed E-state index contributed by atoms with van der Waals surface area (Å²) in [7, 11) is 0. The van der Waals surface area contributed by atoms with Gasteiger partial charge in [0.1, 0.15) is 0 Å².